The first-order valence-electron chi connectivity index (χ1n) is 7.36. The lowest BCUT2D eigenvalue weighted by Crippen LogP contribution is -2.25. The Labute approximate surface area is 137 Å². The minimum Gasteiger partial charge on any atom is -0.446 e. The standard InChI is InChI=1S/C15H26NO6P/c1-14(2,3)21-23(18,22-15(4,5)6)20-12-11-19-13(17)16-9-7-8-10-16/h7-10H,11-12H2,1-6H3. The second-order valence-corrected chi connectivity index (χ2v) is 8.41. The molecule has 0 fully saturated rings. The van der Waals surface area contributed by atoms with E-state index in [0.29, 0.717) is 0 Å². The van der Waals surface area contributed by atoms with Gasteiger partial charge in [0.15, 0.2) is 0 Å². The maximum absolute atomic E-state index is 12.7. The molecule has 0 bridgehead atoms. The number of carbonyl (C=O) groups is 1. The Morgan fingerprint density at radius 3 is 1.87 bits per heavy atom. The van der Waals surface area contributed by atoms with Gasteiger partial charge in [-0.2, -0.15) is 0 Å². The Morgan fingerprint density at radius 1 is 0.957 bits per heavy atom. The molecule has 8 heteroatoms. The monoisotopic (exact) mass is 347 g/mol. The van der Waals surface area contributed by atoms with E-state index in [1.165, 1.54) is 4.57 Å². The first-order valence-corrected chi connectivity index (χ1v) is 8.82. The van der Waals surface area contributed by atoms with E-state index in [1.807, 2.05) is 0 Å². The third kappa shape index (κ3) is 8.32. The Morgan fingerprint density at radius 2 is 1.43 bits per heavy atom. The van der Waals surface area contributed by atoms with E-state index in [9.17, 15) is 9.36 Å². The fourth-order valence-corrected chi connectivity index (χ4v) is 3.33. The zero-order valence-corrected chi connectivity index (χ0v) is 15.5. The summed E-state index contributed by atoms with van der Waals surface area (Å²) in [6.07, 6.45) is 2.60. The maximum Gasteiger partial charge on any atom is 0.475 e. The summed E-state index contributed by atoms with van der Waals surface area (Å²) in [7, 11) is -3.78. The van der Waals surface area contributed by atoms with Crippen molar-refractivity contribution in [2.24, 2.45) is 0 Å². The summed E-state index contributed by atoms with van der Waals surface area (Å²) in [4.78, 5) is 11.6. The van der Waals surface area contributed by atoms with Gasteiger partial charge in [-0.3, -0.25) is 18.1 Å². The molecule has 1 aromatic rings. The second kappa shape index (κ2) is 7.62. The first kappa shape index (κ1) is 19.9. The summed E-state index contributed by atoms with van der Waals surface area (Å²) < 4.78 is 35.2. The van der Waals surface area contributed by atoms with E-state index in [1.54, 1.807) is 66.1 Å². The molecule has 0 aliphatic heterocycles. The smallest absolute Gasteiger partial charge is 0.446 e. The second-order valence-electron chi connectivity index (χ2n) is 6.89. The van der Waals surface area contributed by atoms with Crippen LogP contribution >= 0.6 is 7.82 Å². The molecule has 0 aromatic carbocycles. The van der Waals surface area contributed by atoms with Crippen LogP contribution in [-0.2, 0) is 22.9 Å². The van der Waals surface area contributed by atoms with Gasteiger partial charge in [0.2, 0.25) is 0 Å². The highest BCUT2D eigenvalue weighted by Gasteiger charge is 2.37. The molecule has 1 rings (SSSR count). The molecule has 0 spiro atoms. The quantitative estimate of drug-likeness (QED) is 0.566. The van der Waals surface area contributed by atoms with E-state index < -0.39 is 25.1 Å². The van der Waals surface area contributed by atoms with Crippen LogP contribution < -0.4 is 0 Å². The fraction of sp³-hybridized carbons (Fsp3) is 0.667. The lowest BCUT2D eigenvalue weighted by Gasteiger charge is -2.30. The average molecular weight is 347 g/mol. The van der Waals surface area contributed by atoms with Crippen LogP contribution in [0.2, 0.25) is 0 Å². The lowest BCUT2D eigenvalue weighted by atomic mass is 10.2. The number of phosphoric ester groups is 1. The highest BCUT2D eigenvalue weighted by atomic mass is 31.2. The third-order valence-corrected chi connectivity index (χ3v) is 4.19. The number of nitrogens with zero attached hydrogens (tertiary/aromatic N) is 1. The molecule has 7 nitrogen and oxygen atoms in total. The number of phosphoric acid groups is 1. The van der Waals surface area contributed by atoms with Crippen molar-refractivity contribution in [2.75, 3.05) is 13.2 Å². The Kier molecular flexibility index (Phi) is 6.59. The van der Waals surface area contributed by atoms with Crippen LogP contribution in [0.15, 0.2) is 24.5 Å². The van der Waals surface area contributed by atoms with E-state index in [-0.39, 0.29) is 13.2 Å². The predicted octanol–water partition coefficient (Wildman–Crippen LogP) is 4.23. The van der Waals surface area contributed by atoms with E-state index in [2.05, 4.69) is 0 Å². The van der Waals surface area contributed by atoms with Gasteiger partial charge in [-0.1, -0.05) is 0 Å². The molecule has 23 heavy (non-hydrogen) atoms. The Bertz CT molecular complexity index is 521. The number of hydrogen-bond donors (Lipinski definition) is 0. The van der Waals surface area contributed by atoms with Crippen LogP contribution in [-0.4, -0.2) is 35.1 Å². The molecular weight excluding hydrogens is 321 g/mol. The van der Waals surface area contributed by atoms with Gasteiger partial charge in [-0.25, -0.2) is 9.36 Å². The summed E-state index contributed by atoms with van der Waals surface area (Å²) >= 11 is 0. The number of aromatic nitrogens is 1. The van der Waals surface area contributed by atoms with Crippen molar-refractivity contribution in [3.8, 4) is 0 Å². The molecule has 132 valence electrons. The molecule has 0 aliphatic carbocycles. The van der Waals surface area contributed by atoms with Gasteiger partial charge in [-0.05, 0) is 53.7 Å². The minimum atomic E-state index is -3.78. The number of carbonyl (C=O) groups excluding carboxylic acids is 1. The molecule has 0 amide bonds. The highest BCUT2D eigenvalue weighted by Crippen LogP contribution is 2.55. The predicted molar refractivity (Wildman–Crippen MR) is 86.4 cm³/mol. The van der Waals surface area contributed by atoms with Crippen molar-refractivity contribution < 1.29 is 27.7 Å². The molecule has 0 aliphatic rings. The Balaban J connectivity index is 2.54. The molecule has 0 saturated carbocycles. The van der Waals surface area contributed by atoms with Gasteiger partial charge in [-0.15, -0.1) is 0 Å². The van der Waals surface area contributed by atoms with Crippen LogP contribution in [0.5, 0.6) is 0 Å². The fourth-order valence-electron chi connectivity index (χ4n) is 1.55. The molecule has 0 unspecified atom stereocenters. The third-order valence-electron chi connectivity index (χ3n) is 2.14. The minimum absolute atomic E-state index is 0.0675. The first-order chi connectivity index (χ1) is 10.4. The van der Waals surface area contributed by atoms with Gasteiger partial charge < -0.3 is 4.74 Å². The normalized spacial score (nSPS) is 13.1. The molecular formula is C15H26NO6P. The van der Waals surface area contributed by atoms with Gasteiger partial charge in [0.1, 0.15) is 6.61 Å². The van der Waals surface area contributed by atoms with Crippen molar-refractivity contribution in [1.82, 2.24) is 4.57 Å². The summed E-state index contributed by atoms with van der Waals surface area (Å²) in [6.45, 7) is 10.3. The number of rotatable bonds is 6. The summed E-state index contributed by atoms with van der Waals surface area (Å²) in [6, 6.07) is 3.42. The van der Waals surface area contributed by atoms with Gasteiger partial charge in [0, 0.05) is 12.4 Å². The summed E-state index contributed by atoms with van der Waals surface area (Å²) in [5.41, 5.74) is -1.41. The van der Waals surface area contributed by atoms with Crippen molar-refractivity contribution in [2.45, 2.75) is 52.7 Å². The van der Waals surface area contributed by atoms with E-state index in [0.717, 1.165) is 0 Å². The summed E-state index contributed by atoms with van der Waals surface area (Å²) in [5.74, 6) is 0. The summed E-state index contributed by atoms with van der Waals surface area (Å²) in [5, 5.41) is 0. The number of ether oxygens (including phenoxy) is 1. The number of hydrogen-bond acceptors (Lipinski definition) is 6. The van der Waals surface area contributed by atoms with Crippen LogP contribution in [0.1, 0.15) is 41.5 Å². The van der Waals surface area contributed by atoms with Crippen LogP contribution in [0, 0.1) is 0 Å². The average Bonchev–Trinajstić information content (AvgIpc) is 2.83. The van der Waals surface area contributed by atoms with Gasteiger partial charge in [0.25, 0.3) is 0 Å². The zero-order valence-electron chi connectivity index (χ0n) is 14.6. The topological polar surface area (TPSA) is 76.0 Å². The van der Waals surface area contributed by atoms with Crippen molar-refractivity contribution in [1.29, 1.82) is 0 Å². The van der Waals surface area contributed by atoms with E-state index in [4.69, 9.17) is 18.3 Å². The van der Waals surface area contributed by atoms with Crippen molar-refractivity contribution >= 4 is 13.9 Å². The van der Waals surface area contributed by atoms with E-state index >= 15 is 0 Å². The lowest BCUT2D eigenvalue weighted by molar-refractivity contribution is -0.00197. The largest absolute Gasteiger partial charge is 0.475 e. The maximum atomic E-state index is 12.7. The van der Waals surface area contributed by atoms with Gasteiger partial charge in [0.05, 0.1) is 17.8 Å². The molecule has 0 saturated heterocycles. The van der Waals surface area contributed by atoms with Crippen molar-refractivity contribution in [3.05, 3.63) is 24.5 Å². The van der Waals surface area contributed by atoms with Crippen molar-refractivity contribution in [3.63, 3.8) is 0 Å². The van der Waals surface area contributed by atoms with Crippen LogP contribution in [0.3, 0.4) is 0 Å². The van der Waals surface area contributed by atoms with Gasteiger partial charge >= 0.3 is 13.9 Å². The highest BCUT2D eigenvalue weighted by molar-refractivity contribution is 7.48. The molecule has 1 aromatic heterocycles. The molecule has 0 N–H and O–H groups in total. The molecule has 0 radical (unpaired) electrons. The van der Waals surface area contributed by atoms with Crippen LogP contribution in [0.25, 0.3) is 0 Å². The van der Waals surface area contributed by atoms with Crippen LogP contribution in [0.4, 0.5) is 4.79 Å². The zero-order chi connectivity index (χ0) is 17.7. The Hall–Kier alpha value is -1.14. The molecule has 0 atom stereocenters. The molecule has 1 heterocycles. The SMILES string of the molecule is CC(C)(C)OP(=O)(OCCOC(=O)n1cccc1)OC(C)(C)C.